The Morgan fingerprint density at radius 2 is 1.93 bits per heavy atom. The number of carbonyl (C=O) groups excluding carboxylic acids is 1. The predicted molar refractivity (Wildman–Crippen MR) is 105 cm³/mol. The first kappa shape index (κ1) is 21.8. The number of benzene rings is 1. The fourth-order valence-corrected chi connectivity index (χ4v) is 3.29. The highest BCUT2D eigenvalue weighted by molar-refractivity contribution is 5.83. The Morgan fingerprint density at radius 3 is 2.40 bits per heavy atom. The summed E-state index contributed by atoms with van der Waals surface area (Å²) in [4.78, 5) is 12.7. The molecule has 1 heterocycles. The van der Waals surface area contributed by atoms with E-state index in [4.69, 9.17) is 0 Å². The third kappa shape index (κ3) is 5.19. The van der Waals surface area contributed by atoms with Crippen LogP contribution in [0.15, 0.2) is 36.5 Å². The number of aromatic amines is 1. The van der Waals surface area contributed by atoms with Crippen LogP contribution in [0.2, 0.25) is 0 Å². The minimum Gasteiger partial charge on any atom is -0.336 e. The maximum absolute atomic E-state index is 13.9. The maximum atomic E-state index is 13.9. The Hall–Kier alpha value is -2.86. The molecule has 1 aliphatic rings. The summed E-state index contributed by atoms with van der Waals surface area (Å²) in [5.41, 5.74) is 0.474. The monoisotopic (exact) mass is 419 g/mol. The van der Waals surface area contributed by atoms with Crippen molar-refractivity contribution in [3.05, 3.63) is 42.1 Å². The highest BCUT2D eigenvalue weighted by atomic mass is 19.4. The molecule has 1 saturated carbocycles. The van der Waals surface area contributed by atoms with Crippen LogP contribution in [0.5, 0.6) is 0 Å². The van der Waals surface area contributed by atoms with Gasteiger partial charge in [-0.1, -0.05) is 38.1 Å². The molecule has 0 spiro atoms. The molecule has 6 nitrogen and oxygen atoms in total. The highest BCUT2D eigenvalue weighted by Gasteiger charge is 2.47. The third-order valence-corrected chi connectivity index (χ3v) is 5.10. The van der Waals surface area contributed by atoms with Gasteiger partial charge in [0, 0.05) is 6.20 Å². The van der Waals surface area contributed by atoms with E-state index in [1.165, 1.54) is 12.1 Å². The van der Waals surface area contributed by atoms with Crippen LogP contribution >= 0.6 is 0 Å². The molecule has 3 N–H and O–H groups in total. The van der Waals surface area contributed by atoms with Gasteiger partial charge < -0.3 is 5.32 Å². The Labute approximate surface area is 172 Å². The van der Waals surface area contributed by atoms with Gasteiger partial charge in [-0.05, 0) is 42.4 Å². The van der Waals surface area contributed by atoms with Crippen LogP contribution < -0.4 is 10.6 Å². The minimum absolute atomic E-state index is 0.00809. The van der Waals surface area contributed by atoms with Crippen LogP contribution in [0.3, 0.4) is 0 Å². The number of alkyl halides is 3. The summed E-state index contributed by atoms with van der Waals surface area (Å²) in [6.07, 6.45) is -1.79. The zero-order valence-corrected chi connectivity index (χ0v) is 16.8. The van der Waals surface area contributed by atoms with Gasteiger partial charge in [-0.2, -0.15) is 23.5 Å². The molecule has 0 saturated heterocycles. The van der Waals surface area contributed by atoms with Gasteiger partial charge in [-0.15, -0.1) is 0 Å². The lowest BCUT2D eigenvalue weighted by atomic mass is 9.98. The number of amides is 1. The van der Waals surface area contributed by atoms with Crippen LogP contribution in [-0.2, 0) is 4.79 Å². The van der Waals surface area contributed by atoms with E-state index in [9.17, 15) is 23.2 Å². The molecule has 1 aliphatic carbocycles. The largest absolute Gasteiger partial charge is 0.407 e. The summed E-state index contributed by atoms with van der Waals surface area (Å²) in [5, 5.41) is 20.9. The standard InChI is InChI=1S/C21H24F3N5O/c1-13(2)11-17(19(30)28-20(12-25)8-9-20)27-18(21(22,23)24)15-5-3-14(4-6-15)16-7-10-26-29-16/h3-7,10,13,17-18,27H,8-9,11H2,1-2H3,(H,26,29)(H,28,30)/t17-,18-/m0/s1. The van der Waals surface area contributed by atoms with Gasteiger partial charge in [0.15, 0.2) is 0 Å². The highest BCUT2D eigenvalue weighted by Crippen LogP contribution is 2.36. The molecule has 1 aromatic carbocycles. The molecule has 30 heavy (non-hydrogen) atoms. The van der Waals surface area contributed by atoms with E-state index in [0.717, 1.165) is 0 Å². The van der Waals surface area contributed by atoms with Gasteiger partial charge in [-0.3, -0.25) is 15.2 Å². The number of hydrogen-bond acceptors (Lipinski definition) is 4. The number of rotatable bonds is 8. The SMILES string of the molecule is CC(C)C[C@H](N[C@@H](c1ccc(-c2ccn[nH]2)cc1)C(F)(F)F)C(=O)NC1(C#N)CC1. The molecule has 2 aromatic rings. The first-order valence-corrected chi connectivity index (χ1v) is 9.79. The van der Waals surface area contributed by atoms with Gasteiger partial charge in [-0.25, -0.2) is 0 Å². The lowest BCUT2D eigenvalue weighted by Gasteiger charge is -2.29. The number of nitriles is 1. The predicted octanol–water partition coefficient (Wildman–Crippen LogP) is 3.86. The van der Waals surface area contributed by atoms with E-state index in [2.05, 4.69) is 20.8 Å². The first-order valence-electron chi connectivity index (χ1n) is 9.79. The molecule has 0 bridgehead atoms. The second-order valence-electron chi connectivity index (χ2n) is 8.10. The first-order chi connectivity index (χ1) is 14.1. The van der Waals surface area contributed by atoms with E-state index >= 15 is 0 Å². The summed E-state index contributed by atoms with van der Waals surface area (Å²) in [6, 6.07) is 6.61. The lowest BCUT2D eigenvalue weighted by Crippen LogP contribution is -2.52. The Kier molecular flexibility index (Phi) is 6.17. The zero-order chi connectivity index (χ0) is 21.9. The third-order valence-electron chi connectivity index (χ3n) is 5.10. The van der Waals surface area contributed by atoms with Crippen LogP contribution in [-0.4, -0.2) is 33.9 Å². The summed E-state index contributed by atoms with van der Waals surface area (Å²) in [5.74, 6) is -0.590. The molecule has 2 atom stereocenters. The van der Waals surface area contributed by atoms with Crippen LogP contribution in [0.25, 0.3) is 11.3 Å². The van der Waals surface area contributed by atoms with Crippen molar-refractivity contribution in [3.63, 3.8) is 0 Å². The summed E-state index contributed by atoms with van der Waals surface area (Å²) in [7, 11) is 0. The molecular weight excluding hydrogens is 395 g/mol. The molecule has 9 heteroatoms. The van der Waals surface area contributed by atoms with Crippen molar-refractivity contribution in [2.24, 2.45) is 5.92 Å². The van der Waals surface area contributed by atoms with Gasteiger partial charge in [0.1, 0.15) is 11.6 Å². The number of H-pyrrole nitrogens is 1. The Morgan fingerprint density at radius 1 is 1.27 bits per heavy atom. The molecule has 1 aromatic heterocycles. The summed E-state index contributed by atoms with van der Waals surface area (Å²) in [6.45, 7) is 3.67. The topological polar surface area (TPSA) is 93.6 Å². The summed E-state index contributed by atoms with van der Waals surface area (Å²) < 4.78 is 41.7. The number of nitrogens with zero attached hydrogens (tertiary/aromatic N) is 2. The average molecular weight is 419 g/mol. The number of aromatic nitrogens is 2. The molecule has 1 fully saturated rings. The van der Waals surface area contributed by atoms with Crippen molar-refractivity contribution < 1.29 is 18.0 Å². The van der Waals surface area contributed by atoms with E-state index in [0.29, 0.717) is 24.1 Å². The molecule has 3 rings (SSSR count). The number of nitrogens with one attached hydrogen (secondary N) is 3. The van der Waals surface area contributed by atoms with E-state index in [1.807, 2.05) is 19.9 Å². The molecular formula is C21H24F3N5O. The van der Waals surface area contributed by atoms with E-state index in [-0.39, 0.29) is 17.9 Å². The lowest BCUT2D eigenvalue weighted by molar-refractivity contribution is -0.161. The van der Waals surface area contributed by atoms with E-state index < -0.39 is 29.7 Å². The number of hydrogen-bond donors (Lipinski definition) is 3. The molecule has 1 amide bonds. The van der Waals surface area contributed by atoms with Crippen LogP contribution in [0.4, 0.5) is 13.2 Å². The van der Waals surface area contributed by atoms with E-state index in [1.54, 1.807) is 24.4 Å². The van der Waals surface area contributed by atoms with Crippen molar-refractivity contribution in [2.45, 2.75) is 56.9 Å². The van der Waals surface area contributed by atoms with Crippen LogP contribution in [0, 0.1) is 17.2 Å². The van der Waals surface area contributed by atoms with Crippen molar-refractivity contribution in [2.75, 3.05) is 0 Å². The smallest absolute Gasteiger partial charge is 0.336 e. The van der Waals surface area contributed by atoms with Crippen molar-refractivity contribution in [1.82, 2.24) is 20.8 Å². The fraction of sp³-hybridized carbons (Fsp3) is 0.476. The minimum atomic E-state index is -4.60. The van der Waals surface area contributed by atoms with Crippen LogP contribution in [0.1, 0.15) is 44.7 Å². The molecule has 0 radical (unpaired) electrons. The van der Waals surface area contributed by atoms with Gasteiger partial charge >= 0.3 is 6.18 Å². The normalized spacial score (nSPS) is 17.2. The van der Waals surface area contributed by atoms with Gasteiger partial charge in [0.05, 0.1) is 17.8 Å². The number of carbonyl (C=O) groups is 1. The second-order valence-corrected chi connectivity index (χ2v) is 8.10. The van der Waals surface area contributed by atoms with Crippen molar-refractivity contribution >= 4 is 5.91 Å². The van der Waals surface area contributed by atoms with Crippen molar-refractivity contribution in [1.29, 1.82) is 5.26 Å². The van der Waals surface area contributed by atoms with Gasteiger partial charge in [0.2, 0.25) is 5.91 Å². The quantitative estimate of drug-likeness (QED) is 0.606. The average Bonchev–Trinajstić information content (AvgIpc) is 3.23. The number of halogens is 3. The second kappa shape index (κ2) is 8.48. The van der Waals surface area contributed by atoms with Gasteiger partial charge in [0.25, 0.3) is 0 Å². The molecule has 160 valence electrons. The maximum Gasteiger partial charge on any atom is 0.407 e. The Balaban J connectivity index is 1.82. The molecule has 0 aliphatic heterocycles. The fourth-order valence-electron chi connectivity index (χ4n) is 3.29. The van der Waals surface area contributed by atoms with Crippen molar-refractivity contribution in [3.8, 4) is 17.3 Å². The Bertz CT molecular complexity index is 896. The summed E-state index contributed by atoms with van der Waals surface area (Å²) >= 11 is 0. The zero-order valence-electron chi connectivity index (χ0n) is 16.8. The molecule has 0 unspecified atom stereocenters.